The van der Waals surface area contributed by atoms with Crippen molar-refractivity contribution in [3.63, 3.8) is 0 Å². The van der Waals surface area contributed by atoms with Crippen LogP contribution in [0.3, 0.4) is 0 Å². The van der Waals surface area contributed by atoms with Crippen molar-refractivity contribution in [3.8, 4) is 11.1 Å². The summed E-state index contributed by atoms with van der Waals surface area (Å²) in [6.07, 6.45) is 4.05. The number of rotatable bonds is 2. The van der Waals surface area contributed by atoms with Gasteiger partial charge in [0.15, 0.2) is 0 Å². The average Bonchev–Trinajstić information content (AvgIpc) is 2.64. The fraction of sp³-hybridized carbons (Fsp3) is 0.250. The van der Waals surface area contributed by atoms with Gasteiger partial charge in [-0.1, -0.05) is 28.1 Å². The van der Waals surface area contributed by atoms with Crippen LogP contribution >= 0.6 is 15.9 Å². The van der Waals surface area contributed by atoms with E-state index in [4.69, 9.17) is 0 Å². The zero-order valence-corrected chi connectivity index (χ0v) is 10.3. The second-order valence-corrected chi connectivity index (χ2v) is 4.95. The first-order chi connectivity index (χ1) is 7.83. The summed E-state index contributed by atoms with van der Waals surface area (Å²) in [5.74, 6) is 0. The van der Waals surface area contributed by atoms with Gasteiger partial charge in [0.1, 0.15) is 0 Å². The average molecular weight is 278 g/mol. The van der Waals surface area contributed by atoms with E-state index >= 15 is 0 Å². The molecule has 2 aromatic rings. The van der Waals surface area contributed by atoms with Crippen molar-refractivity contribution in [2.24, 2.45) is 0 Å². The Kier molecular flexibility index (Phi) is 2.53. The van der Waals surface area contributed by atoms with Crippen LogP contribution in [0.15, 0.2) is 41.1 Å². The zero-order chi connectivity index (χ0) is 11.0. The normalized spacial score (nSPS) is 16.1. The maximum atomic E-state index is 4.41. The third-order valence-corrected chi connectivity index (χ3v) is 3.39. The van der Waals surface area contributed by atoms with Gasteiger partial charge in [0.2, 0.25) is 0 Å². The lowest BCUT2D eigenvalue weighted by Crippen LogP contribution is -2.43. The number of hydrogen-bond acceptors (Lipinski definition) is 2. The predicted octanol–water partition coefficient (Wildman–Crippen LogP) is 2.46. The van der Waals surface area contributed by atoms with Crippen molar-refractivity contribution >= 4 is 15.9 Å². The summed E-state index contributed by atoms with van der Waals surface area (Å²) in [6.45, 7) is 2.05. The molecule has 82 valence electrons. The van der Waals surface area contributed by atoms with E-state index in [9.17, 15) is 0 Å². The van der Waals surface area contributed by atoms with Gasteiger partial charge in [-0.15, -0.1) is 0 Å². The quantitative estimate of drug-likeness (QED) is 0.914. The van der Waals surface area contributed by atoms with Gasteiger partial charge in [-0.25, -0.2) is 0 Å². The van der Waals surface area contributed by atoms with Gasteiger partial charge in [0, 0.05) is 29.3 Å². The molecule has 1 fully saturated rings. The molecule has 0 unspecified atom stereocenters. The molecule has 4 heteroatoms. The van der Waals surface area contributed by atoms with Gasteiger partial charge in [-0.2, -0.15) is 5.10 Å². The van der Waals surface area contributed by atoms with Gasteiger partial charge in [0.25, 0.3) is 0 Å². The summed E-state index contributed by atoms with van der Waals surface area (Å²) >= 11 is 3.48. The van der Waals surface area contributed by atoms with E-state index in [0.717, 1.165) is 17.6 Å². The molecule has 2 heterocycles. The summed E-state index contributed by atoms with van der Waals surface area (Å²) in [5.41, 5.74) is 2.38. The molecule has 3 nitrogen and oxygen atoms in total. The van der Waals surface area contributed by atoms with E-state index in [2.05, 4.69) is 44.7 Å². The summed E-state index contributed by atoms with van der Waals surface area (Å²) in [7, 11) is 0. The number of nitrogens with one attached hydrogen (secondary N) is 1. The lowest BCUT2D eigenvalue weighted by Gasteiger charge is -2.27. The molecule has 0 aliphatic carbocycles. The van der Waals surface area contributed by atoms with E-state index in [-0.39, 0.29) is 0 Å². The Morgan fingerprint density at radius 3 is 2.88 bits per heavy atom. The molecular formula is C12H12BrN3. The summed E-state index contributed by atoms with van der Waals surface area (Å²) < 4.78 is 3.15. The maximum Gasteiger partial charge on any atom is 0.0767 e. The van der Waals surface area contributed by atoms with Crippen LogP contribution in [-0.2, 0) is 0 Å². The van der Waals surface area contributed by atoms with Crippen molar-refractivity contribution in [3.05, 3.63) is 41.1 Å². The number of aromatic nitrogens is 2. The topological polar surface area (TPSA) is 29.9 Å². The van der Waals surface area contributed by atoms with Crippen molar-refractivity contribution in [1.29, 1.82) is 0 Å². The standard InChI is InChI=1S/C12H12BrN3/c13-11-3-1-2-9(4-11)10-5-15-16(8-10)12-6-14-7-12/h1-5,8,12,14H,6-7H2. The lowest BCUT2D eigenvalue weighted by atomic mass is 10.1. The Morgan fingerprint density at radius 2 is 2.19 bits per heavy atom. The van der Waals surface area contributed by atoms with Gasteiger partial charge < -0.3 is 5.32 Å². The monoisotopic (exact) mass is 277 g/mol. The second kappa shape index (κ2) is 4.03. The Balaban J connectivity index is 1.91. The smallest absolute Gasteiger partial charge is 0.0767 e. The molecule has 1 N–H and O–H groups in total. The summed E-state index contributed by atoms with van der Waals surface area (Å²) in [4.78, 5) is 0. The van der Waals surface area contributed by atoms with Crippen molar-refractivity contribution in [1.82, 2.24) is 15.1 Å². The third-order valence-electron chi connectivity index (χ3n) is 2.89. The molecule has 1 aliphatic heterocycles. The molecule has 0 atom stereocenters. The molecule has 3 rings (SSSR count). The molecule has 1 aliphatic rings. The van der Waals surface area contributed by atoms with Crippen LogP contribution in [0.1, 0.15) is 6.04 Å². The minimum atomic E-state index is 0.529. The van der Waals surface area contributed by atoms with E-state index < -0.39 is 0 Å². The molecule has 1 saturated heterocycles. The van der Waals surface area contributed by atoms with Gasteiger partial charge in [-0.05, 0) is 17.7 Å². The van der Waals surface area contributed by atoms with Crippen molar-refractivity contribution < 1.29 is 0 Å². The zero-order valence-electron chi connectivity index (χ0n) is 8.73. The van der Waals surface area contributed by atoms with Crippen molar-refractivity contribution in [2.45, 2.75) is 6.04 Å². The molecule has 0 spiro atoms. The maximum absolute atomic E-state index is 4.41. The molecule has 16 heavy (non-hydrogen) atoms. The van der Waals surface area contributed by atoms with Crippen LogP contribution < -0.4 is 5.32 Å². The van der Waals surface area contributed by atoms with Crippen LogP contribution in [-0.4, -0.2) is 22.9 Å². The van der Waals surface area contributed by atoms with Gasteiger partial charge >= 0.3 is 0 Å². The van der Waals surface area contributed by atoms with Crippen LogP contribution in [0.5, 0.6) is 0 Å². The molecule has 1 aromatic carbocycles. The van der Waals surface area contributed by atoms with Gasteiger partial charge in [0.05, 0.1) is 12.2 Å². The molecular weight excluding hydrogens is 266 g/mol. The summed E-state index contributed by atoms with van der Waals surface area (Å²) in [6, 6.07) is 8.82. The van der Waals surface area contributed by atoms with Crippen LogP contribution in [0.4, 0.5) is 0 Å². The fourth-order valence-corrected chi connectivity index (χ4v) is 2.21. The Labute approximate surface area is 103 Å². The van der Waals surface area contributed by atoms with Crippen LogP contribution in [0.25, 0.3) is 11.1 Å². The highest BCUT2D eigenvalue weighted by atomic mass is 79.9. The van der Waals surface area contributed by atoms with Crippen LogP contribution in [0.2, 0.25) is 0 Å². The van der Waals surface area contributed by atoms with E-state index in [0.29, 0.717) is 6.04 Å². The SMILES string of the molecule is Brc1cccc(-c2cnn(C3CNC3)c2)c1. The van der Waals surface area contributed by atoms with Gasteiger partial charge in [-0.3, -0.25) is 4.68 Å². The first-order valence-corrected chi connectivity index (χ1v) is 6.13. The number of nitrogens with zero attached hydrogens (tertiary/aromatic N) is 2. The predicted molar refractivity (Wildman–Crippen MR) is 67.3 cm³/mol. The highest BCUT2D eigenvalue weighted by Gasteiger charge is 2.19. The highest BCUT2D eigenvalue weighted by molar-refractivity contribution is 9.10. The molecule has 0 saturated carbocycles. The lowest BCUT2D eigenvalue weighted by molar-refractivity contribution is 0.318. The number of benzene rings is 1. The number of halogens is 1. The first-order valence-electron chi connectivity index (χ1n) is 5.34. The highest BCUT2D eigenvalue weighted by Crippen LogP contribution is 2.23. The molecule has 0 radical (unpaired) electrons. The van der Waals surface area contributed by atoms with E-state index in [1.165, 1.54) is 11.1 Å². The molecule has 0 amide bonds. The Hall–Kier alpha value is -1.13. The summed E-state index contributed by atoms with van der Waals surface area (Å²) in [5, 5.41) is 7.66. The van der Waals surface area contributed by atoms with E-state index in [1.54, 1.807) is 0 Å². The second-order valence-electron chi connectivity index (χ2n) is 4.03. The molecule has 1 aromatic heterocycles. The minimum Gasteiger partial charge on any atom is -0.312 e. The fourth-order valence-electron chi connectivity index (χ4n) is 1.82. The first kappa shape index (κ1) is 10.1. The largest absolute Gasteiger partial charge is 0.312 e. The molecule has 0 bridgehead atoms. The van der Waals surface area contributed by atoms with E-state index in [1.807, 2.05) is 23.0 Å². The number of hydrogen-bond donors (Lipinski definition) is 1. The van der Waals surface area contributed by atoms with Crippen LogP contribution in [0, 0.1) is 0 Å². The third kappa shape index (κ3) is 1.79. The Morgan fingerprint density at radius 1 is 1.31 bits per heavy atom. The minimum absolute atomic E-state index is 0.529. The van der Waals surface area contributed by atoms with Crippen molar-refractivity contribution in [2.75, 3.05) is 13.1 Å². The Bertz CT molecular complexity index is 502.